The lowest BCUT2D eigenvalue weighted by molar-refractivity contribution is -0.136. The molecule has 1 aliphatic heterocycles. The van der Waals surface area contributed by atoms with Crippen LogP contribution in [-0.2, 0) is 9.53 Å². The Morgan fingerprint density at radius 1 is 1.36 bits per heavy atom. The zero-order chi connectivity index (χ0) is 20.3. The highest BCUT2D eigenvalue weighted by Crippen LogP contribution is 2.37. The van der Waals surface area contributed by atoms with Gasteiger partial charge in [-0.2, -0.15) is 0 Å². The molecule has 1 aliphatic rings. The van der Waals surface area contributed by atoms with Crippen LogP contribution in [0.1, 0.15) is 41.4 Å². The van der Waals surface area contributed by atoms with Crippen molar-refractivity contribution in [3.05, 3.63) is 62.6 Å². The molecule has 0 amide bonds. The molecule has 2 aromatic rings. The summed E-state index contributed by atoms with van der Waals surface area (Å²) in [6.45, 7) is 1.49. The third-order valence-electron chi connectivity index (χ3n) is 4.75. The molecule has 148 valence electrons. The second kappa shape index (κ2) is 9.05. The molecule has 4 nitrogen and oxygen atoms in total. The van der Waals surface area contributed by atoms with Crippen LogP contribution in [0.4, 0.5) is 8.78 Å². The SMILES string of the molecule is COC(=O)C1=C(CBr)CCCC(c2nccs2)=NC1c1ccc(F)c(F)c1C. The summed E-state index contributed by atoms with van der Waals surface area (Å²) in [5, 5.41) is 3.09. The highest BCUT2D eigenvalue weighted by molar-refractivity contribution is 9.09. The number of alkyl halides is 1. The van der Waals surface area contributed by atoms with Crippen molar-refractivity contribution in [2.24, 2.45) is 4.99 Å². The highest BCUT2D eigenvalue weighted by atomic mass is 79.9. The summed E-state index contributed by atoms with van der Waals surface area (Å²) in [6, 6.07) is 1.75. The maximum Gasteiger partial charge on any atom is 0.336 e. The Kier molecular flexibility index (Phi) is 6.72. The van der Waals surface area contributed by atoms with E-state index < -0.39 is 23.6 Å². The van der Waals surface area contributed by atoms with E-state index >= 15 is 0 Å². The fourth-order valence-corrected chi connectivity index (χ4v) is 4.55. The molecule has 0 N–H and O–H groups in total. The summed E-state index contributed by atoms with van der Waals surface area (Å²) in [5.74, 6) is -2.39. The average molecular weight is 469 g/mol. The lowest BCUT2D eigenvalue weighted by Crippen LogP contribution is -2.20. The molecule has 1 atom stereocenters. The molecule has 0 bridgehead atoms. The molecule has 1 aromatic heterocycles. The number of benzene rings is 1. The summed E-state index contributed by atoms with van der Waals surface area (Å²) >= 11 is 4.91. The first kappa shape index (κ1) is 20.8. The molecule has 0 fully saturated rings. The van der Waals surface area contributed by atoms with Gasteiger partial charge in [-0.25, -0.2) is 18.6 Å². The van der Waals surface area contributed by atoms with Gasteiger partial charge in [0.15, 0.2) is 11.6 Å². The minimum atomic E-state index is -0.935. The number of thiazole rings is 1. The van der Waals surface area contributed by atoms with Crippen molar-refractivity contribution in [1.82, 2.24) is 4.98 Å². The molecule has 0 saturated carbocycles. The van der Waals surface area contributed by atoms with Crippen molar-refractivity contribution in [2.45, 2.75) is 32.2 Å². The first-order valence-corrected chi connectivity index (χ1v) is 10.7. The number of allylic oxidation sites excluding steroid dienone is 1. The number of aromatic nitrogens is 1. The average Bonchev–Trinajstić information content (AvgIpc) is 3.21. The second-order valence-corrected chi connectivity index (χ2v) is 7.84. The van der Waals surface area contributed by atoms with Crippen LogP contribution in [0.25, 0.3) is 0 Å². The topological polar surface area (TPSA) is 51.5 Å². The Bertz CT molecular complexity index is 942. The van der Waals surface area contributed by atoms with E-state index in [0.29, 0.717) is 29.3 Å². The zero-order valence-corrected chi connectivity index (χ0v) is 17.9. The van der Waals surface area contributed by atoms with Crippen molar-refractivity contribution >= 4 is 38.9 Å². The number of aliphatic imine (C=N–C) groups is 1. The predicted octanol–water partition coefficient (Wildman–Crippen LogP) is 5.31. The van der Waals surface area contributed by atoms with E-state index in [9.17, 15) is 13.6 Å². The van der Waals surface area contributed by atoms with Gasteiger partial charge in [-0.15, -0.1) is 11.3 Å². The number of halogens is 3. The van der Waals surface area contributed by atoms with Crippen LogP contribution >= 0.6 is 27.3 Å². The standard InChI is InChI=1S/C20H19BrF2N2O2S/c1-11-13(6-7-14(22)17(11)23)18-16(20(26)27-2)12(10-21)4-3-5-15(25-18)19-24-8-9-28-19/h6-9,18H,3-5,10H2,1-2H3. The zero-order valence-electron chi connectivity index (χ0n) is 15.5. The van der Waals surface area contributed by atoms with Gasteiger partial charge in [-0.3, -0.25) is 4.99 Å². The highest BCUT2D eigenvalue weighted by Gasteiger charge is 2.31. The van der Waals surface area contributed by atoms with E-state index in [0.717, 1.165) is 28.8 Å². The Hall–Kier alpha value is -1.93. The van der Waals surface area contributed by atoms with Crippen LogP contribution < -0.4 is 0 Å². The molecule has 8 heteroatoms. The van der Waals surface area contributed by atoms with Crippen molar-refractivity contribution in [2.75, 3.05) is 12.4 Å². The number of esters is 1. The van der Waals surface area contributed by atoms with Crippen molar-refractivity contribution in [1.29, 1.82) is 0 Å². The van der Waals surface area contributed by atoms with Crippen LogP contribution in [0.2, 0.25) is 0 Å². The van der Waals surface area contributed by atoms with Crippen LogP contribution in [0.15, 0.2) is 39.8 Å². The van der Waals surface area contributed by atoms with E-state index in [1.165, 1.54) is 31.4 Å². The quantitative estimate of drug-likeness (QED) is 0.451. The number of carbonyl (C=O) groups is 1. The maximum atomic E-state index is 14.3. The first-order chi connectivity index (χ1) is 13.5. The smallest absolute Gasteiger partial charge is 0.336 e. The number of methoxy groups -OCH3 is 1. The molecular weight excluding hydrogens is 450 g/mol. The summed E-state index contributed by atoms with van der Waals surface area (Å²) in [4.78, 5) is 21.9. The predicted molar refractivity (Wildman–Crippen MR) is 109 cm³/mol. The second-order valence-electron chi connectivity index (χ2n) is 6.39. The number of rotatable bonds is 4. The molecule has 28 heavy (non-hydrogen) atoms. The number of carbonyl (C=O) groups excluding carboxylic acids is 1. The minimum Gasteiger partial charge on any atom is -0.466 e. The Balaban J connectivity index is 2.27. The first-order valence-electron chi connectivity index (χ1n) is 8.75. The lowest BCUT2D eigenvalue weighted by atomic mass is 9.88. The lowest BCUT2D eigenvalue weighted by Gasteiger charge is -2.24. The summed E-state index contributed by atoms with van der Waals surface area (Å²) in [5.41, 5.74) is 2.53. The van der Waals surface area contributed by atoms with Gasteiger partial charge in [0.2, 0.25) is 0 Å². The molecule has 0 radical (unpaired) electrons. The fourth-order valence-electron chi connectivity index (χ4n) is 3.30. The van der Waals surface area contributed by atoms with Gasteiger partial charge in [0.05, 0.1) is 18.4 Å². The van der Waals surface area contributed by atoms with Gasteiger partial charge in [-0.05, 0) is 49.0 Å². The van der Waals surface area contributed by atoms with Crippen LogP contribution in [0, 0.1) is 18.6 Å². The maximum absolute atomic E-state index is 14.3. The summed E-state index contributed by atoms with van der Waals surface area (Å²) in [7, 11) is 1.31. The number of hydrogen-bond donors (Lipinski definition) is 0. The monoisotopic (exact) mass is 468 g/mol. The van der Waals surface area contributed by atoms with Gasteiger partial charge < -0.3 is 4.74 Å². The van der Waals surface area contributed by atoms with E-state index in [-0.39, 0.29) is 5.56 Å². The van der Waals surface area contributed by atoms with Crippen LogP contribution in [0.3, 0.4) is 0 Å². The Morgan fingerprint density at radius 3 is 2.79 bits per heavy atom. The molecule has 1 unspecified atom stereocenters. The van der Waals surface area contributed by atoms with Crippen LogP contribution in [-0.4, -0.2) is 29.1 Å². The fraction of sp³-hybridized carbons (Fsp3) is 0.350. The summed E-state index contributed by atoms with van der Waals surface area (Å²) in [6.07, 6.45) is 3.83. The molecule has 0 saturated heterocycles. The summed E-state index contributed by atoms with van der Waals surface area (Å²) < 4.78 is 33.0. The van der Waals surface area contributed by atoms with Crippen molar-refractivity contribution < 1.29 is 18.3 Å². The van der Waals surface area contributed by atoms with Gasteiger partial charge in [0.1, 0.15) is 11.0 Å². The van der Waals surface area contributed by atoms with E-state index in [4.69, 9.17) is 9.73 Å². The molecule has 0 aliphatic carbocycles. The van der Waals surface area contributed by atoms with Crippen LogP contribution in [0.5, 0.6) is 0 Å². The third kappa shape index (κ3) is 4.07. The van der Waals surface area contributed by atoms with Gasteiger partial charge in [0, 0.05) is 16.9 Å². The molecule has 3 rings (SSSR count). The Morgan fingerprint density at radius 2 is 2.14 bits per heavy atom. The van der Waals surface area contributed by atoms with Crippen molar-refractivity contribution in [3.63, 3.8) is 0 Å². The van der Waals surface area contributed by atoms with Crippen molar-refractivity contribution in [3.8, 4) is 0 Å². The third-order valence-corrected chi connectivity index (χ3v) is 6.25. The number of hydrogen-bond acceptors (Lipinski definition) is 5. The normalized spacial score (nSPS) is 17.8. The van der Waals surface area contributed by atoms with E-state index in [2.05, 4.69) is 20.9 Å². The van der Waals surface area contributed by atoms with E-state index in [1.807, 2.05) is 5.38 Å². The molecule has 0 spiro atoms. The minimum absolute atomic E-state index is 0.128. The largest absolute Gasteiger partial charge is 0.466 e. The van der Waals surface area contributed by atoms with Gasteiger partial charge >= 0.3 is 5.97 Å². The number of nitrogens with zero attached hydrogens (tertiary/aromatic N) is 2. The Labute approximate surface area is 174 Å². The molecule has 2 heterocycles. The molecular formula is C20H19BrF2N2O2S. The van der Waals surface area contributed by atoms with E-state index in [1.54, 1.807) is 6.20 Å². The van der Waals surface area contributed by atoms with Gasteiger partial charge in [-0.1, -0.05) is 22.0 Å². The van der Waals surface area contributed by atoms with Gasteiger partial charge in [0.25, 0.3) is 0 Å². The number of ether oxygens (including phenoxy) is 1. The molecule has 1 aromatic carbocycles.